The molecule has 3 aromatic rings. The second kappa shape index (κ2) is 4.56. The van der Waals surface area contributed by atoms with E-state index in [9.17, 15) is 4.39 Å². The highest BCUT2D eigenvalue weighted by molar-refractivity contribution is 7.71. The lowest BCUT2D eigenvalue weighted by molar-refractivity contribution is 0.616. The summed E-state index contributed by atoms with van der Waals surface area (Å²) in [5.41, 5.74) is 4.03. The third-order valence-electron chi connectivity index (χ3n) is 3.41. The van der Waals surface area contributed by atoms with Gasteiger partial charge in [-0.05, 0) is 43.3 Å². The van der Waals surface area contributed by atoms with Gasteiger partial charge in [0.15, 0.2) is 10.4 Å². The van der Waals surface area contributed by atoms with Gasteiger partial charge in [-0.15, -0.1) is 0 Å². The summed E-state index contributed by atoms with van der Waals surface area (Å²) in [6, 6.07) is 4.99. The molecule has 0 amide bonds. The smallest absolute Gasteiger partial charge is 0.184 e. The molecule has 6 heteroatoms. The first-order valence-corrected chi connectivity index (χ1v) is 6.87. The van der Waals surface area contributed by atoms with Gasteiger partial charge in [0.05, 0.1) is 11.4 Å². The number of aryl methyl sites for hydroxylation is 3. The highest BCUT2D eigenvalue weighted by Gasteiger charge is 2.17. The van der Waals surface area contributed by atoms with Crippen LogP contribution in [0.3, 0.4) is 0 Å². The maximum absolute atomic E-state index is 14.2. The minimum Gasteiger partial charge on any atom is -0.327 e. The molecule has 20 heavy (non-hydrogen) atoms. The maximum atomic E-state index is 14.2. The van der Waals surface area contributed by atoms with E-state index in [1.807, 2.05) is 20.9 Å². The van der Waals surface area contributed by atoms with Crippen molar-refractivity contribution in [3.8, 4) is 5.69 Å². The zero-order chi connectivity index (χ0) is 14.4. The molecule has 2 aromatic heterocycles. The van der Waals surface area contributed by atoms with E-state index in [4.69, 9.17) is 12.2 Å². The van der Waals surface area contributed by atoms with Gasteiger partial charge in [-0.25, -0.2) is 9.07 Å². The second-order valence-corrected chi connectivity index (χ2v) is 5.23. The number of fused-ring (bicyclic) bond motifs is 1. The van der Waals surface area contributed by atoms with E-state index < -0.39 is 0 Å². The molecule has 0 bridgehead atoms. The van der Waals surface area contributed by atoms with E-state index in [0.29, 0.717) is 10.5 Å². The molecule has 0 aliphatic heterocycles. The second-order valence-electron chi connectivity index (χ2n) is 4.84. The molecule has 0 saturated heterocycles. The van der Waals surface area contributed by atoms with Crippen LogP contribution in [0.15, 0.2) is 18.2 Å². The van der Waals surface area contributed by atoms with Crippen LogP contribution in [0.5, 0.6) is 0 Å². The molecule has 0 fully saturated rings. The molecule has 0 unspecified atom stereocenters. The Balaban J connectivity index is 2.42. The number of aromatic nitrogens is 4. The van der Waals surface area contributed by atoms with Gasteiger partial charge in [0, 0.05) is 7.05 Å². The average molecular weight is 290 g/mol. The molecule has 0 saturated carbocycles. The Bertz CT molecular complexity index is 856. The first-order chi connectivity index (χ1) is 9.52. The summed E-state index contributed by atoms with van der Waals surface area (Å²) in [6.07, 6.45) is 0.795. The van der Waals surface area contributed by atoms with E-state index >= 15 is 0 Å². The summed E-state index contributed by atoms with van der Waals surface area (Å²) in [7, 11) is 1.84. The first-order valence-electron chi connectivity index (χ1n) is 6.46. The van der Waals surface area contributed by atoms with Crippen molar-refractivity contribution in [2.45, 2.75) is 20.3 Å². The van der Waals surface area contributed by atoms with Crippen LogP contribution >= 0.6 is 12.2 Å². The Hall–Kier alpha value is -1.95. The predicted molar refractivity (Wildman–Crippen MR) is 79.3 cm³/mol. The van der Waals surface area contributed by atoms with Crippen molar-refractivity contribution in [2.24, 2.45) is 7.05 Å². The highest BCUT2D eigenvalue weighted by Crippen LogP contribution is 2.24. The van der Waals surface area contributed by atoms with Crippen LogP contribution in [0, 0.1) is 17.5 Å². The fourth-order valence-corrected chi connectivity index (χ4v) is 2.76. The number of hydrogen-bond donors (Lipinski definition) is 1. The van der Waals surface area contributed by atoms with Gasteiger partial charge in [0.25, 0.3) is 0 Å². The number of hydrogen-bond acceptors (Lipinski definition) is 2. The van der Waals surface area contributed by atoms with Crippen molar-refractivity contribution in [1.82, 2.24) is 19.3 Å². The number of aromatic amines is 1. The maximum Gasteiger partial charge on any atom is 0.184 e. The van der Waals surface area contributed by atoms with Gasteiger partial charge in [0.2, 0.25) is 0 Å². The van der Waals surface area contributed by atoms with Gasteiger partial charge in [-0.3, -0.25) is 4.57 Å². The molecule has 0 aliphatic carbocycles. The van der Waals surface area contributed by atoms with E-state index in [1.54, 1.807) is 21.4 Å². The molecular formula is C14H15FN4S. The molecule has 1 aromatic carbocycles. The number of benzene rings is 1. The molecule has 104 valence electrons. The summed E-state index contributed by atoms with van der Waals surface area (Å²) in [5.74, 6) is -0.299. The Morgan fingerprint density at radius 1 is 1.40 bits per heavy atom. The van der Waals surface area contributed by atoms with Crippen LogP contribution in [0.25, 0.3) is 16.9 Å². The molecule has 0 radical (unpaired) electrons. The zero-order valence-corrected chi connectivity index (χ0v) is 12.4. The molecule has 1 N–H and O–H groups in total. The monoisotopic (exact) mass is 290 g/mol. The Morgan fingerprint density at radius 3 is 2.85 bits per heavy atom. The highest BCUT2D eigenvalue weighted by atomic mass is 32.1. The normalized spacial score (nSPS) is 11.4. The number of nitrogens with one attached hydrogen (secondary N) is 1. The van der Waals surface area contributed by atoms with Crippen LogP contribution in [-0.4, -0.2) is 19.3 Å². The largest absolute Gasteiger partial charge is 0.327 e. The van der Waals surface area contributed by atoms with Crippen LogP contribution < -0.4 is 0 Å². The van der Waals surface area contributed by atoms with Crippen molar-refractivity contribution in [3.05, 3.63) is 40.0 Å². The van der Waals surface area contributed by atoms with Crippen LogP contribution in [-0.2, 0) is 13.5 Å². The standard InChI is InChI=1S/C14H15FN4S/c1-4-10-12-13(18(3)17-10)19(14(20)16-12)11-7-8(2)5-6-9(11)15/h5-7H,4H2,1-3H3,(H,16,20). The van der Waals surface area contributed by atoms with Crippen molar-refractivity contribution in [1.29, 1.82) is 0 Å². The van der Waals surface area contributed by atoms with Crippen molar-refractivity contribution >= 4 is 23.4 Å². The zero-order valence-electron chi connectivity index (χ0n) is 11.6. The molecule has 3 rings (SSSR count). The van der Waals surface area contributed by atoms with Gasteiger partial charge < -0.3 is 4.98 Å². The third kappa shape index (κ3) is 1.79. The minimum absolute atomic E-state index is 0.299. The first kappa shape index (κ1) is 13.1. The average Bonchev–Trinajstić information content (AvgIpc) is 2.90. The van der Waals surface area contributed by atoms with Crippen LogP contribution in [0.4, 0.5) is 4.39 Å². The van der Waals surface area contributed by atoms with E-state index in [1.165, 1.54) is 6.07 Å². The molecule has 0 atom stereocenters. The summed E-state index contributed by atoms with van der Waals surface area (Å²) < 4.78 is 18.1. The fraction of sp³-hybridized carbons (Fsp3) is 0.286. The lowest BCUT2D eigenvalue weighted by atomic mass is 10.2. The van der Waals surface area contributed by atoms with Gasteiger partial charge >= 0.3 is 0 Å². The molecule has 0 spiro atoms. The molecule has 4 nitrogen and oxygen atoms in total. The number of halogens is 1. The quantitative estimate of drug-likeness (QED) is 0.734. The van der Waals surface area contributed by atoms with E-state index in [2.05, 4.69) is 10.1 Å². The summed E-state index contributed by atoms with van der Waals surface area (Å²) >= 11 is 5.36. The SMILES string of the molecule is CCc1nn(C)c2c1[nH]c(=S)n2-c1cc(C)ccc1F. The Labute approximate surface area is 120 Å². The number of rotatable bonds is 2. The van der Waals surface area contributed by atoms with Crippen molar-refractivity contribution in [3.63, 3.8) is 0 Å². The molecule has 2 heterocycles. The number of nitrogens with zero attached hydrogens (tertiary/aromatic N) is 3. The summed E-state index contributed by atoms with van der Waals surface area (Å²) in [5, 5.41) is 4.44. The van der Waals surface area contributed by atoms with Crippen LogP contribution in [0.1, 0.15) is 18.2 Å². The lowest BCUT2D eigenvalue weighted by Crippen LogP contribution is -2.03. The van der Waals surface area contributed by atoms with Crippen molar-refractivity contribution < 1.29 is 4.39 Å². The predicted octanol–water partition coefficient (Wildman–Crippen LogP) is 3.43. The molecular weight excluding hydrogens is 275 g/mol. The Kier molecular flexibility index (Phi) is 2.97. The minimum atomic E-state index is -0.299. The summed E-state index contributed by atoms with van der Waals surface area (Å²) in [6.45, 7) is 3.96. The molecule has 0 aliphatic rings. The van der Waals surface area contributed by atoms with E-state index in [-0.39, 0.29) is 5.82 Å². The number of H-pyrrole nitrogens is 1. The summed E-state index contributed by atoms with van der Waals surface area (Å²) in [4.78, 5) is 3.14. The van der Waals surface area contributed by atoms with Gasteiger partial charge in [-0.1, -0.05) is 13.0 Å². The topological polar surface area (TPSA) is 38.5 Å². The van der Waals surface area contributed by atoms with Crippen molar-refractivity contribution in [2.75, 3.05) is 0 Å². The van der Waals surface area contributed by atoms with Gasteiger partial charge in [0.1, 0.15) is 11.3 Å². The van der Waals surface area contributed by atoms with E-state index in [0.717, 1.165) is 28.8 Å². The third-order valence-corrected chi connectivity index (χ3v) is 3.70. The Morgan fingerprint density at radius 2 is 2.15 bits per heavy atom. The fourth-order valence-electron chi connectivity index (χ4n) is 2.48. The number of imidazole rings is 1. The lowest BCUT2D eigenvalue weighted by Gasteiger charge is -2.07. The van der Waals surface area contributed by atoms with Gasteiger partial charge in [-0.2, -0.15) is 5.10 Å². The van der Waals surface area contributed by atoms with Crippen LogP contribution in [0.2, 0.25) is 0 Å².